The number of halogens is 1. The van der Waals surface area contributed by atoms with Crippen molar-refractivity contribution >= 4 is 34.6 Å². The summed E-state index contributed by atoms with van der Waals surface area (Å²) in [6.07, 6.45) is 0. The molecule has 1 saturated heterocycles. The Morgan fingerprint density at radius 2 is 1.71 bits per heavy atom. The predicted octanol–water partition coefficient (Wildman–Crippen LogP) is 4.83. The van der Waals surface area contributed by atoms with Crippen molar-refractivity contribution in [2.75, 3.05) is 43.5 Å². The zero-order chi connectivity index (χ0) is 24.1. The van der Waals surface area contributed by atoms with Gasteiger partial charge < -0.3 is 19.9 Å². The van der Waals surface area contributed by atoms with E-state index in [2.05, 4.69) is 10.2 Å². The number of methoxy groups -OCH3 is 1. The fraction of sp³-hybridized carbons (Fsp3) is 0.240. The first-order valence-electron chi connectivity index (χ1n) is 10.9. The lowest BCUT2D eigenvalue weighted by molar-refractivity contribution is -0.384. The zero-order valence-corrected chi connectivity index (χ0v) is 19.5. The van der Waals surface area contributed by atoms with E-state index in [0.717, 1.165) is 11.3 Å². The minimum Gasteiger partial charge on any atom is -0.497 e. The number of amides is 1. The number of carbonyl (C=O) groups excluding carboxylic acids is 1. The number of piperazine rings is 1. The summed E-state index contributed by atoms with van der Waals surface area (Å²) in [5, 5.41) is 15.4. The lowest BCUT2D eigenvalue weighted by atomic mass is 10.1. The second-order valence-corrected chi connectivity index (χ2v) is 8.38. The molecule has 0 aromatic heterocycles. The smallest absolute Gasteiger partial charge is 0.292 e. The van der Waals surface area contributed by atoms with E-state index >= 15 is 0 Å². The van der Waals surface area contributed by atoms with Gasteiger partial charge in [-0.15, -0.1) is 0 Å². The van der Waals surface area contributed by atoms with Gasteiger partial charge in [-0.05, 0) is 54.1 Å². The molecule has 1 amide bonds. The molecule has 0 spiro atoms. The summed E-state index contributed by atoms with van der Waals surface area (Å²) in [6.45, 7) is 2.84. The van der Waals surface area contributed by atoms with Gasteiger partial charge in [-0.25, -0.2) is 0 Å². The average Bonchev–Trinajstić information content (AvgIpc) is 2.88. The first-order chi connectivity index (χ1) is 16.4. The maximum atomic E-state index is 12.8. The van der Waals surface area contributed by atoms with E-state index in [1.165, 1.54) is 6.07 Å². The van der Waals surface area contributed by atoms with Gasteiger partial charge in [-0.1, -0.05) is 23.7 Å². The molecule has 0 atom stereocenters. The molecule has 0 saturated carbocycles. The van der Waals surface area contributed by atoms with Gasteiger partial charge in [0.2, 0.25) is 0 Å². The molecule has 0 bridgehead atoms. The predicted molar refractivity (Wildman–Crippen MR) is 133 cm³/mol. The Bertz CT molecular complexity index is 1160. The normalized spacial score (nSPS) is 13.5. The molecule has 3 aromatic rings. The molecule has 1 aliphatic heterocycles. The van der Waals surface area contributed by atoms with Gasteiger partial charge in [0, 0.05) is 55.1 Å². The van der Waals surface area contributed by atoms with Crippen LogP contribution < -0.4 is 15.0 Å². The van der Waals surface area contributed by atoms with E-state index in [0.29, 0.717) is 54.7 Å². The fourth-order valence-corrected chi connectivity index (χ4v) is 4.03. The number of benzene rings is 3. The number of ether oxygens (including phenoxy) is 1. The van der Waals surface area contributed by atoms with E-state index in [-0.39, 0.29) is 16.5 Å². The number of carbonyl (C=O) groups is 1. The maximum Gasteiger partial charge on any atom is 0.292 e. The molecule has 1 N–H and O–H groups in total. The monoisotopic (exact) mass is 480 g/mol. The first kappa shape index (κ1) is 23.4. The van der Waals surface area contributed by atoms with Crippen molar-refractivity contribution in [3.8, 4) is 5.75 Å². The summed E-state index contributed by atoms with van der Waals surface area (Å²) < 4.78 is 5.15. The van der Waals surface area contributed by atoms with Crippen molar-refractivity contribution in [1.29, 1.82) is 0 Å². The highest BCUT2D eigenvalue weighted by molar-refractivity contribution is 6.30. The number of nitro groups is 1. The van der Waals surface area contributed by atoms with E-state index in [1.54, 1.807) is 55.6 Å². The van der Waals surface area contributed by atoms with Crippen molar-refractivity contribution in [2.45, 2.75) is 6.54 Å². The largest absolute Gasteiger partial charge is 0.497 e. The topological polar surface area (TPSA) is 88.0 Å². The van der Waals surface area contributed by atoms with Gasteiger partial charge in [0.15, 0.2) is 0 Å². The summed E-state index contributed by atoms with van der Waals surface area (Å²) in [4.78, 5) is 27.9. The second kappa shape index (κ2) is 10.4. The van der Waals surface area contributed by atoms with Crippen LogP contribution >= 0.6 is 11.6 Å². The van der Waals surface area contributed by atoms with Crippen molar-refractivity contribution < 1.29 is 14.5 Å². The Hall–Kier alpha value is -3.78. The molecule has 1 heterocycles. The number of nitrogens with one attached hydrogen (secondary N) is 1. The fourth-order valence-electron chi connectivity index (χ4n) is 3.90. The van der Waals surface area contributed by atoms with Crippen molar-refractivity contribution in [1.82, 2.24) is 4.90 Å². The molecule has 1 aliphatic rings. The number of nitrogens with zero attached hydrogens (tertiary/aromatic N) is 3. The number of nitro benzene ring substituents is 1. The molecule has 34 heavy (non-hydrogen) atoms. The molecule has 0 radical (unpaired) electrons. The Morgan fingerprint density at radius 1 is 1.03 bits per heavy atom. The molecule has 9 heteroatoms. The average molecular weight is 481 g/mol. The summed E-state index contributed by atoms with van der Waals surface area (Å²) >= 11 is 5.93. The molecule has 1 fully saturated rings. The van der Waals surface area contributed by atoms with Gasteiger partial charge >= 0.3 is 0 Å². The van der Waals surface area contributed by atoms with Crippen molar-refractivity contribution in [2.24, 2.45) is 0 Å². The Balaban J connectivity index is 1.42. The van der Waals surface area contributed by atoms with Crippen LogP contribution in [-0.2, 0) is 6.54 Å². The van der Waals surface area contributed by atoms with Gasteiger partial charge in [-0.3, -0.25) is 14.9 Å². The van der Waals surface area contributed by atoms with Crippen LogP contribution in [0.25, 0.3) is 0 Å². The van der Waals surface area contributed by atoms with Crippen LogP contribution in [0.4, 0.5) is 17.1 Å². The zero-order valence-electron chi connectivity index (χ0n) is 18.7. The van der Waals surface area contributed by atoms with Crippen LogP contribution in [0.2, 0.25) is 5.02 Å². The molecule has 176 valence electrons. The minimum absolute atomic E-state index is 0.0173. The van der Waals surface area contributed by atoms with Gasteiger partial charge in [0.1, 0.15) is 11.4 Å². The van der Waals surface area contributed by atoms with Crippen LogP contribution in [0.5, 0.6) is 5.75 Å². The summed E-state index contributed by atoms with van der Waals surface area (Å²) in [7, 11) is 1.59. The van der Waals surface area contributed by atoms with E-state index in [4.69, 9.17) is 16.3 Å². The number of anilines is 2. The lowest BCUT2D eigenvalue weighted by Gasteiger charge is -2.36. The third-order valence-electron chi connectivity index (χ3n) is 5.84. The molecule has 8 nitrogen and oxygen atoms in total. The third kappa shape index (κ3) is 5.40. The molecular weight excluding hydrogens is 456 g/mol. The Kier molecular flexibility index (Phi) is 7.18. The van der Waals surface area contributed by atoms with Crippen molar-refractivity contribution in [3.05, 3.63) is 93.0 Å². The SMILES string of the molecule is COc1ccc(C(=O)N2CCN(c3ccc([N+](=O)[O-])c(NCc4ccc(Cl)cc4)c3)CC2)cc1. The lowest BCUT2D eigenvalue weighted by Crippen LogP contribution is -2.48. The number of hydrogen-bond acceptors (Lipinski definition) is 6. The Morgan fingerprint density at radius 3 is 2.32 bits per heavy atom. The number of rotatable bonds is 7. The van der Waals surface area contributed by atoms with Crippen LogP contribution in [0, 0.1) is 10.1 Å². The Labute approximate surface area is 202 Å². The second-order valence-electron chi connectivity index (χ2n) is 7.95. The molecule has 3 aromatic carbocycles. The van der Waals surface area contributed by atoms with Gasteiger partial charge in [0.05, 0.1) is 12.0 Å². The van der Waals surface area contributed by atoms with Crippen LogP contribution in [0.3, 0.4) is 0 Å². The summed E-state index contributed by atoms with van der Waals surface area (Å²) in [6, 6.07) is 19.5. The quantitative estimate of drug-likeness (QED) is 0.385. The highest BCUT2D eigenvalue weighted by atomic mass is 35.5. The molecule has 0 aliphatic carbocycles. The summed E-state index contributed by atoms with van der Waals surface area (Å²) in [5.74, 6) is 0.691. The van der Waals surface area contributed by atoms with E-state index in [9.17, 15) is 14.9 Å². The standard InChI is InChI=1S/C25H25ClN4O4/c1-34-22-9-4-19(5-10-22)25(31)29-14-12-28(13-15-29)21-8-11-24(30(32)33)23(16-21)27-17-18-2-6-20(26)7-3-18/h2-11,16,27H,12-15,17H2,1H3. The number of hydrogen-bond donors (Lipinski definition) is 1. The van der Waals surface area contributed by atoms with Crippen LogP contribution in [-0.4, -0.2) is 49.0 Å². The van der Waals surface area contributed by atoms with Crippen LogP contribution in [0.15, 0.2) is 66.7 Å². The van der Waals surface area contributed by atoms with Gasteiger partial charge in [0.25, 0.3) is 11.6 Å². The molecule has 0 unspecified atom stereocenters. The van der Waals surface area contributed by atoms with Crippen molar-refractivity contribution in [3.63, 3.8) is 0 Å². The third-order valence-corrected chi connectivity index (χ3v) is 6.09. The van der Waals surface area contributed by atoms with Gasteiger partial charge in [-0.2, -0.15) is 0 Å². The molecule has 4 rings (SSSR count). The highest BCUT2D eigenvalue weighted by Gasteiger charge is 2.24. The van der Waals surface area contributed by atoms with E-state index in [1.807, 2.05) is 17.0 Å². The maximum absolute atomic E-state index is 12.8. The molecular formula is C25H25ClN4O4. The first-order valence-corrected chi connectivity index (χ1v) is 11.3. The summed E-state index contributed by atoms with van der Waals surface area (Å²) in [5.41, 5.74) is 2.94. The van der Waals surface area contributed by atoms with E-state index < -0.39 is 0 Å². The van der Waals surface area contributed by atoms with Crippen LogP contribution in [0.1, 0.15) is 15.9 Å². The minimum atomic E-state index is -0.389. The highest BCUT2D eigenvalue weighted by Crippen LogP contribution is 2.31.